The van der Waals surface area contributed by atoms with Crippen LogP contribution >= 0.6 is 74.5 Å². The molecular formula is C36H44I5N6O3-. The van der Waals surface area contributed by atoms with E-state index in [4.69, 9.17) is 5.11 Å². The van der Waals surface area contributed by atoms with Crippen molar-refractivity contribution in [3.8, 4) is 0 Å². The molecule has 0 aromatic heterocycles. The molecule has 0 radical (unpaired) electrons. The Hall–Kier alpha value is -1.05. The summed E-state index contributed by atoms with van der Waals surface area (Å²) in [6, 6.07) is 29.8. The number of anilines is 4. The van der Waals surface area contributed by atoms with Gasteiger partial charge in [0.2, 0.25) is 0 Å². The molecule has 5 rings (SSSR count). The molecule has 1 saturated heterocycles. The van der Waals surface area contributed by atoms with E-state index in [9.17, 15) is 9.59 Å². The predicted octanol–water partition coefficient (Wildman–Crippen LogP) is 6.19. The monoisotopic (exact) mass is 1240 g/mol. The number of carbonyl (C=O) groups excluding carboxylic acids is 2. The van der Waals surface area contributed by atoms with Crippen LogP contribution < -0.4 is 39.8 Å². The summed E-state index contributed by atoms with van der Waals surface area (Å²) in [6.07, 6.45) is 2.67. The molecule has 6 N–H and O–H groups in total. The van der Waals surface area contributed by atoms with Crippen molar-refractivity contribution in [2.45, 2.75) is 26.0 Å². The number of hydrogen-bond donors (Lipinski definition) is 6. The normalized spacial score (nSPS) is 11.8. The van der Waals surface area contributed by atoms with Crippen LogP contribution in [0, 0.1) is 0 Å². The van der Waals surface area contributed by atoms with E-state index in [1.165, 1.54) is 31.5 Å². The molecule has 50 heavy (non-hydrogen) atoms. The fraction of sp³-hybridized carbons (Fsp3) is 0.278. The molecule has 0 saturated carbocycles. The van der Waals surface area contributed by atoms with Crippen LogP contribution in [0.5, 0.6) is 0 Å². The van der Waals surface area contributed by atoms with Gasteiger partial charge in [0.15, 0.2) is 0 Å². The number of benzene rings is 4. The van der Waals surface area contributed by atoms with E-state index in [1.54, 1.807) is 31.3 Å². The molecule has 1 aliphatic rings. The number of likely N-dealkylation sites (tertiary alicyclic amines) is 1. The van der Waals surface area contributed by atoms with E-state index in [2.05, 4.69) is 106 Å². The molecule has 272 valence electrons. The van der Waals surface area contributed by atoms with Crippen molar-refractivity contribution < 1.29 is 28.0 Å². The molecule has 1 heterocycles. The Kier molecular flexibility index (Phi) is 24.8. The summed E-state index contributed by atoms with van der Waals surface area (Å²) >= 11 is 9.54. The zero-order valence-corrected chi connectivity index (χ0v) is 38.8. The van der Waals surface area contributed by atoms with Gasteiger partial charge in [-0.1, -0.05) is 48.5 Å². The number of nitrogens with zero attached hydrogens (tertiary/aromatic N) is 1. The van der Waals surface area contributed by atoms with Crippen molar-refractivity contribution in [2.75, 3.05) is 61.5 Å². The second-order valence-corrected chi connectivity index (χ2v) is 27.1. The Morgan fingerprint density at radius 3 is 1.48 bits per heavy atom. The van der Waals surface area contributed by atoms with Gasteiger partial charge < -0.3 is 36.6 Å². The summed E-state index contributed by atoms with van der Waals surface area (Å²) in [5.74, 6) is -0.270. The number of carbonyl (C=O) groups is 2. The van der Waals surface area contributed by atoms with Crippen molar-refractivity contribution in [1.29, 1.82) is 0 Å². The third-order valence-electron chi connectivity index (χ3n) is 7.64. The number of halogens is 5. The van der Waals surface area contributed by atoms with Crippen LogP contribution in [0.3, 0.4) is 0 Å². The summed E-state index contributed by atoms with van der Waals surface area (Å²) < 4.78 is 0. The molecule has 0 bridgehead atoms. The molecule has 0 unspecified atom stereocenters. The van der Waals surface area contributed by atoms with Crippen LogP contribution in [0.2, 0.25) is 0 Å². The van der Waals surface area contributed by atoms with E-state index >= 15 is 0 Å². The van der Waals surface area contributed by atoms with Crippen molar-refractivity contribution in [3.63, 3.8) is 0 Å². The molecule has 9 nitrogen and oxygen atoms in total. The first-order valence-corrected chi connectivity index (χ1v) is 34.7. The van der Waals surface area contributed by atoms with Crippen molar-refractivity contribution in [3.05, 3.63) is 119 Å². The molecule has 1 fully saturated rings. The topological polar surface area (TPSA) is 118 Å². The van der Waals surface area contributed by atoms with E-state index in [1.807, 2.05) is 79.8 Å². The van der Waals surface area contributed by atoms with Crippen molar-refractivity contribution >= 4 is 109 Å². The number of rotatable bonds is 12. The quantitative estimate of drug-likeness (QED) is 0.0742. The minimum atomic E-state index is -0.174. The Morgan fingerprint density at radius 1 is 0.680 bits per heavy atom. The Bertz CT molecular complexity index is 1540. The van der Waals surface area contributed by atoms with Crippen LogP contribution in [0.4, 0.5) is 22.7 Å². The number of aliphatic hydroxyl groups excluding tert-OH is 1. The zero-order valence-electron chi connectivity index (χ0n) is 28.0. The summed E-state index contributed by atoms with van der Waals surface area (Å²) in [6.45, 7) is 5.40. The maximum atomic E-state index is 12.4. The SMILES string of the molecule is CNc1ccccc1NC(=O)c1ccc(CNCCN2CCCC2)cc1.CNc1ccccc1NC(=O)c1ccc(CO)cc1.II.I[I-]I. The summed E-state index contributed by atoms with van der Waals surface area (Å²) in [4.78, 5) is 27.0. The first-order valence-electron chi connectivity index (χ1n) is 15.8. The molecule has 1 aliphatic heterocycles. The van der Waals surface area contributed by atoms with Gasteiger partial charge in [0.25, 0.3) is 11.8 Å². The maximum absolute atomic E-state index is 12.4. The molecule has 0 spiro atoms. The van der Waals surface area contributed by atoms with Gasteiger partial charge in [-0.25, -0.2) is 0 Å². The van der Waals surface area contributed by atoms with E-state index in [-0.39, 0.29) is 18.4 Å². The third-order valence-corrected chi connectivity index (χ3v) is 7.64. The molecule has 0 aliphatic carbocycles. The van der Waals surface area contributed by atoms with Gasteiger partial charge >= 0.3 is 50.5 Å². The third kappa shape index (κ3) is 16.7. The van der Waals surface area contributed by atoms with Crippen LogP contribution in [0.15, 0.2) is 97.1 Å². The fourth-order valence-electron chi connectivity index (χ4n) is 5.02. The van der Waals surface area contributed by atoms with Gasteiger partial charge in [-0.2, -0.15) is 0 Å². The molecule has 4 aromatic carbocycles. The summed E-state index contributed by atoms with van der Waals surface area (Å²) in [5.41, 5.74) is 6.49. The number of nitrogens with one attached hydrogen (secondary N) is 5. The number of aliphatic hydroxyl groups is 1. The average molecular weight is 1240 g/mol. The van der Waals surface area contributed by atoms with Crippen molar-refractivity contribution in [1.82, 2.24) is 10.2 Å². The molecule has 14 heteroatoms. The first-order chi connectivity index (χ1) is 24.4. The van der Waals surface area contributed by atoms with E-state index in [0.29, 0.717) is 24.4 Å². The molecular weight excluding hydrogens is 1200 g/mol. The van der Waals surface area contributed by atoms with Gasteiger partial charge in [-0.15, -0.1) is 0 Å². The second kappa shape index (κ2) is 27.5. The fourth-order valence-corrected chi connectivity index (χ4v) is 5.02. The Morgan fingerprint density at radius 2 is 1.08 bits per heavy atom. The summed E-state index contributed by atoms with van der Waals surface area (Å²) in [7, 11) is 3.65. The first kappa shape index (κ1) is 45.1. The standard InChI is InChI=1S/C21H28N4O.C15H16N2O2.I3.I2/c1-22-19-6-2-3-7-20(19)24-21(26)18-10-8-17(9-11-18)16-23-12-15-25-13-4-5-14-25;1-16-13-4-2-3-5-14(13)17-15(19)12-8-6-11(10-18)7-9-12;1-3-2;1-2/h2-3,6-11,22-23H,4-5,12-16H2,1H3,(H,24,26);2-9,16,18H,10H2,1H3,(H,17,19);;/q;;-1;. The second-order valence-electron chi connectivity index (χ2n) is 10.8. The van der Waals surface area contributed by atoms with Crippen LogP contribution in [0.1, 0.15) is 44.7 Å². The van der Waals surface area contributed by atoms with Gasteiger partial charge in [0.05, 0.1) is 29.4 Å². The van der Waals surface area contributed by atoms with Crippen LogP contribution in [0.25, 0.3) is 0 Å². The minimum absolute atomic E-state index is 0.0233. The molecule has 4 aromatic rings. The average Bonchev–Trinajstić information content (AvgIpc) is 3.69. The van der Waals surface area contributed by atoms with Gasteiger partial charge in [0, 0.05) is 82.1 Å². The number of hydrogen-bond acceptors (Lipinski definition) is 7. The predicted molar refractivity (Wildman–Crippen MR) is 240 cm³/mol. The number of para-hydroxylation sites is 4. The van der Waals surface area contributed by atoms with Gasteiger partial charge in [-0.05, 0) is 85.6 Å². The van der Waals surface area contributed by atoms with E-state index < -0.39 is 0 Å². The Labute approximate surface area is 349 Å². The van der Waals surface area contributed by atoms with Crippen LogP contribution in [-0.4, -0.2) is 62.1 Å². The van der Waals surface area contributed by atoms with Gasteiger partial charge in [0.1, 0.15) is 0 Å². The number of amides is 2. The van der Waals surface area contributed by atoms with Gasteiger partial charge in [-0.3, -0.25) is 9.59 Å². The Balaban J connectivity index is 0.000000319. The van der Waals surface area contributed by atoms with E-state index in [0.717, 1.165) is 47.9 Å². The van der Waals surface area contributed by atoms with Crippen molar-refractivity contribution in [2.24, 2.45) is 0 Å². The summed E-state index contributed by atoms with van der Waals surface area (Å²) in [5, 5.41) is 24.4. The molecule has 2 amide bonds. The molecule has 0 atom stereocenters. The van der Waals surface area contributed by atoms with Crippen LogP contribution in [-0.2, 0) is 13.2 Å². The zero-order chi connectivity index (χ0) is 36.6.